The van der Waals surface area contributed by atoms with Crippen molar-refractivity contribution in [2.45, 2.75) is 42.7 Å². The van der Waals surface area contributed by atoms with Gasteiger partial charge in [-0.1, -0.05) is 23.7 Å². The van der Waals surface area contributed by atoms with E-state index in [0.717, 1.165) is 5.56 Å². The van der Waals surface area contributed by atoms with Gasteiger partial charge in [-0.05, 0) is 55.8 Å². The van der Waals surface area contributed by atoms with E-state index in [1.54, 1.807) is 24.3 Å². The van der Waals surface area contributed by atoms with Gasteiger partial charge in [-0.3, -0.25) is 0 Å². The molecule has 0 amide bonds. The van der Waals surface area contributed by atoms with Crippen LogP contribution in [0.25, 0.3) is 0 Å². The van der Waals surface area contributed by atoms with Gasteiger partial charge < -0.3 is 10.1 Å². The first-order valence-electron chi connectivity index (χ1n) is 9.26. The molecule has 1 heterocycles. The highest BCUT2D eigenvalue weighted by Gasteiger charge is 2.45. The molecule has 0 spiro atoms. The highest BCUT2D eigenvalue weighted by Crippen LogP contribution is 2.27. The summed E-state index contributed by atoms with van der Waals surface area (Å²) in [5.74, 6) is -0.0351. The van der Waals surface area contributed by atoms with Gasteiger partial charge in [-0.15, -0.1) is 0 Å². The maximum absolute atomic E-state index is 13.2. The Hall–Kier alpha value is -1.61. The first kappa shape index (κ1) is 22.1. The van der Waals surface area contributed by atoms with Crippen molar-refractivity contribution in [2.24, 2.45) is 0 Å². The van der Waals surface area contributed by atoms with Gasteiger partial charge in [0.25, 0.3) is 0 Å². The van der Waals surface area contributed by atoms with Crippen LogP contribution in [0.4, 0.5) is 0 Å². The molecule has 0 radical (unpaired) electrons. The molecule has 2 atom stereocenters. The third kappa shape index (κ3) is 5.51. The van der Waals surface area contributed by atoms with Crippen LogP contribution < -0.4 is 10.1 Å². The number of sulfone groups is 2. The lowest BCUT2D eigenvalue weighted by Crippen LogP contribution is -2.43. The minimum Gasteiger partial charge on any atom is -0.491 e. The molecule has 1 fully saturated rings. The molecule has 1 saturated heterocycles. The summed E-state index contributed by atoms with van der Waals surface area (Å²) in [6.07, 6.45) is -0.0288. The molecule has 9 heteroatoms. The third-order valence-corrected chi connectivity index (χ3v) is 9.12. The second kappa shape index (κ2) is 8.63. The van der Waals surface area contributed by atoms with Crippen LogP contribution in [0.2, 0.25) is 5.02 Å². The fraction of sp³-hybridized carbons (Fsp3) is 0.400. The van der Waals surface area contributed by atoms with E-state index in [4.69, 9.17) is 16.3 Å². The van der Waals surface area contributed by atoms with E-state index in [1.165, 1.54) is 12.1 Å². The van der Waals surface area contributed by atoms with Crippen molar-refractivity contribution in [1.82, 2.24) is 5.32 Å². The van der Waals surface area contributed by atoms with Gasteiger partial charge in [0.1, 0.15) is 5.75 Å². The van der Waals surface area contributed by atoms with Crippen LogP contribution in [0.15, 0.2) is 53.4 Å². The number of hydrogen-bond acceptors (Lipinski definition) is 6. The second-order valence-electron chi connectivity index (χ2n) is 7.41. The van der Waals surface area contributed by atoms with E-state index in [1.807, 2.05) is 26.0 Å². The lowest BCUT2D eigenvalue weighted by atomic mass is 10.2. The molecule has 29 heavy (non-hydrogen) atoms. The van der Waals surface area contributed by atoms with Gasteiger partial charge in [0.2, 0.25) is 0 Å². The zero-order valence-electron chi connectivity index (χ0n) is 16.2. The van der Waals surface area contributed by atoms with E-state index >= 15 is 0 Å². The topological polar surface area (TPSA) is 89.5 Å². The normalized spacial score (nSPS) is 21.4. The summed E-state index contributed by atoms with van der Waals surface area (Å²) < 4.78 is 56.3. The highest BCUT2D eigenvalue weighted by molar-refractivity contribution is 7.96. The Balaban J connectivity index is 1.80. The fourth-order valence-electron chi connectivity index (χ4n) is 3.32. The summed E-state index contributed by atoms with van der Waals surface area (Å²) in [7, 11) is -7.29. The average molecular weight is 458 g/mol. The summed E-state index contributed by atoms with van der Waals surface area (Å²) in [4.78, 5) is 0.0917. The molecule has 2 aromatic carbocycles. The van der Waals surface area contributed by atoms with Crippen molar-refractivity contribution in [2.75, 3.05) is 11.5 Å². The maximum Gasteiger partial charge on any atom is 0.183 e. The van der Waals surface area contributed by atoms with Crippen LogP contribution in [-0.2, 0) is 26.2 Å². The van der Waals surface area contributed by atoms with Crippen molar-refractivity contribution >= 4 is 31.3 Å². The van der Waals surface area contributed by atoms with Crippen LogP contribution in [0.1, 0.15) is 19.4 Å². The Morgan fingerprint density at radius 2 is 1.69 bits per heavy atom. The van der Waals surface area contributed by atoms with E-state index < -0.39 is 36.7 Å². The van der Waals surface area contributed by atoms with Crippen molar-refractivity contribution in [3.63, 3.8) is 0 Å². The molecule has 0 aliphatic carbocycles. The zero-order valence-corrected chi connectivity index (χ0v) is 18.6. The second-order valence-corrected chi connectivity index (χ2v) is 12.2. The average Bonchev–Trinajstić information content (AvgIpc) is 2.97. The SMILES string of the molecule is CC(C)Oc1ccc(S(=O)(=O)[C@H]2CS(=O)(=O)C[C@@H]2NCc2ccc(Cl)cc2)cc1. The van der Waals surface area contributed by atoms with Gasteiger partial charge in [0, 0.05) is 17.6 Å². The number of benzene rings is 2. The quantitative estimate of drug-likeness (QED) is 0.687. The van der Waals surface area contributed by atoms with Crippen molar-refractivity contribution in [3.8, 4) is 5.75 Å². The number of halogens is 1. The monoisotopic (exact) mass is 457 g/mol. The Morgan fingerprint density at radius 1 is 1.07 bits per heavy atom. The van der Waals surface area contributed by atoms with Crippen LogP contribution in [0, 0.1) is 0 Å². The molecule has 0 aromatic heterocycles. The molecular weight excluding hydrogens is 434 g/mol. The van der Waals surface area contributed by atoms with Crippen LogP contribution >= 0.6 is 11.6 Å². The van der Waals surface area contributed by atoms with Gasteiger partial charge >= 0.3 is 0 Å². The van der Waals surface area contributed by atoms with Gasteiger partial charge in [0.05, 0.1) is 27.8 Å². The summed E-state index contributed by atoms with van der Waals surface area (Å²) >= 11 is 5.88. The molecule has 0 unspecified atom stereocenters. The van der Waals surface area contributed by atoms with E-state index in [-0.39, 0.29) is 16.8 Å². The van der Waals surface area contributed by atoms with Crippen LogP contribution in [-0.4, -0.2) is 45.7 Å². The Kier molecular flexibility index (Phi) is 6.57. The van der Waals surface area contributed by atoms with Crippen LogP contribution in [0.5, 0.6) is 5.75 Å². The summed E-state index contributed by atoms with van der Waals surface area (Å²) in [5, 5.41) is 2.67. The number of rotatable bonds is 7. The molecule has 1 aliphatic rings. The predicted octanol–water partition coefficient (Wildman–Crippen LogP) is 2.86. The standard InChI is InChI=1S/C20H24ClNO5S2/c1-14(2)27-17-7-9-18(10-8-17)29(25,26)20-13-28(23,24)12-19(20)22-11-15-3-5-16(21)6-4-15/h3-10,14,19-20,22H,11-13H2,1-2H3/t19-,20-/m0/s1. The molecule has 2 aromatic rings. The Labute approximate surface area is 177 Å². The molecule has 3 rings (SSSR count). The number of nitrogens with one attached hydrogen (secondary N) is 1. The van der Waals surface area contributed by atoms with Gasteiger partial charge in [-0.2, -0.15) is 0 Å². The molecule has 1 aliphatic heterocycles. The lowest BCUT2D eigenvalue weighted by molar-refractivity contribution is 0.242. The molecule has 1 N–H and O–H groups in total. The maximum atomic E-state index is 13.2. The molecule has 6 nitrogen and oxygen atoms in total. The smallest absolute Gasteiger partial charge is 0.183 e. The van der Waals surface area contributed by atoms with E-state index in [0.29, 0.717) is 17.3 Å². The summed E-state index contributed by atoms with van der Waals surface area (Å²) in [6.45, 7) is 4.11. The molecular formula is C20H24ClNO5S2. The summed E-state index contributed by atoms with van der Waals surface area (Å²) in [6, 6.07) is 12.5. The minimum atomic E-state index is -3.83. The molecule has 158 valence electrons. The van der Waals surface area contributed by atoms with Crippen LogP contribution in [0.3, 0.4) is 0 Å². The largest absolute Gasteiger partial charge is 0.491 e. The Bertz CT molecular complexity index is 1050. The third-order valence-electron chi connectivity index (χ3n) is 4.70. The molecule has 0 bridgehead atoms. The highest BCUT2D eigenvalue weighted by atomic mass is 35.5. The zero-order chi connectivity index (χ0) is 21.2. The minimum absolute atomic E-state index is 0.0288. The summed E-state index contributed by atoms with van der Waals surface area (Å²) in [5.41, 5.74) is 0.894. The van der Waals surface area contributed by atoms with E-state index in [9.17, 15) is 16.8 Å². The number of hydrogen-bond donors (Lipinski definition) is 1. The lowest BCUT2D eigenvalue weighted by Gasteiger charge is -2.20. The molecule has 0 saturated carbocycles. The van der Waals surface area contributed by atoms with Crippen molar-refractivity contribution in [1.29, 1.82) is 0 Å². The van der Waals surface area contributed by atoms with Crippen molar-refractivity contribution < 1.29 is 21.6 Å². The van der Waals surface area contributed by atoms with Gasteiger partial charge in [-0.25, -0.2) is 16.8 Å². The number of ether oxygens (including phenoxy) is 1. The Morgan fingerprint density at radius 3 is 2.28 bits per heavy atom. The first-order chi connectivity index (χ1) is 13.6. The van der Waals surface area contributed by atoms with Gasteiger partial charge in [0.15, 0.2) is 19.7 Å². The first-order valence-corrected chi connectivity index (χ1v) is 13.0. The predicted molar refractivity (Wildman–Crippen MR) is 114 cm³/mol. The van der Waals surface area contributed by atoms with Crippen molar-refractivity contribution in [3.05, 3.63) is 59.1 Å². The fourth-order valence-corrected chi connectivity index (χ4v) is 8.16. The van der Waals surface area contributed by atoms with E-state index in [2.05, 4.69) is 5.32 Å².